The zero-order valence-corrected chi connectivity index (χ0v) is 15.1. The van der Waals surface area contributed by atoms with E-state index in [0.717, 1.165) is 12.8 Å². The van der Waals surface area contributed by atoms with Gasteiger partial charge in [-0.15, -0.1) is 0 Å². The predicted octanol–water partition coefficient (Wildman–Crippen LogP) is 3.86. The van der Waals surface area contributed by atoms with E-state index in [9.17, 15) is 13.6 Å². The van der Waals surface area contributed by atoms with Crippen LogP contribution in [-0.2, 0) is 0 Å². The van der Waals surface area contributed by atoms with E-state index in [1.165, 1.54) is 6.20 Å². The largest absolute Gasteiger partial charge is 0.319 e. The monoisotopic (exact) mass is 457 g/mol. The molecule has 0 saturated heterocycles. The van der Waals surface area contributed by atoms with Gasteiger partial charge in [0.15, 0.2) is 5.69 Å². The van der Waals surface area contributed by atoms with Crippen molar-refractivity contribution >= 4 is 39.8 Å². The van der Waals surface area contributed by atoms with Crippen LogP contribution in [0.1, 0.15) is 41.4 Å². The second kappa shape index (κ2) is 6.36. The molecule has 0 bridgehead atoms. The van der Waals surface area contributed by atoms with Crippen molar-refractivity contribution in [2.45, 2.75) is 29.2 Å². The van der Waals surface area contributed by atoms with Gasteiger partial charge in [-0.25, -0.2) is 13.8 Å². The number of halogens is 3. The number of hydrogen-bond acceptors (Lipinski definition) is 3. The molecular formula is C16H14F2IN5O. The third-order valence-corrected chi connectivity index (χ3v) is 5.32. The number of alkyl halides is 3. The van der Waals surface area contributed by atoms with E-state index < -0.39 is 18.0 Å². The van der Waals surface area contributed by atoms with E-state index in [0.29, 0.717) is 15.1 Å². The SMILES string of the molecule is O=C(Nc1cn([C@H]2C[C@H](I)C2)nc1C(F)F)c1ccn2cccnc12. The summed E-state index contributed by atoms with van der Waals surface area (Å²) in [6.07, 6.45) is 5.57. The second-order valence-corrected chi connectivity index (χ2v) is 7.73. The van der Waals surface area contributed by atoms with Crippen molar-refractivity contribution in [2.24, 2.45) is 0 Å². The van der Waals surface area contributed by atoms with Crippen molar-refractivity contribution in [1.82, 2.24) is 19.2 Å². The van der Waals surface area contributed by atoms with E-state index in [-0.39, 0.29) is 11.7 Å². The summed E-state index contributed by atoms with van der Waals surface area (Å²) in [6, 6.07) is 3.46. The van der Waals surface area contributed by atoms with Gasteiger partial charge < -0.3 is 9.72 Å². The minimum absolute atomic E-state index is 0.0483. The summed E-state index contributed by atoms with van der Waals surface area (Å²) in [6.45, 7) is 0. The number of hydrogen-bond donors (Lipinski definition) is 1. The molecule has 1 saturated carbocycles. The fourth-order valence-electron chi connectivity index (χ4n) is 2.89. The molecule has 1 aliphatic carbocycles. The number of aromatic nitrogens is 4. The summed E-state index contributed by atoms with van der Waals surface area (Å²) in [5, 5.41) is 6.55. The lowest BCUT2D eigenvalue weighted by Crippen LogP contribution is -2.27. The summed E-state index contributed by atoms with van der Waals surface area (Å²) in [5.74, 6) is -0.483. The average molecular weight is 457 g/mol. The minimum Gasteiger partial charge on any atom is -0.319 e. The van der Waals surface area contributed by atoms with Gasteiger partial charge in [0.25, 0.3) is 12.3 Å². The van der Waals surface area contributed by atoms with Gasteiger partial charge in [0, 0.05) is 28.7 Å². The maximum absolute atomic E-state index is 13.3. The molecule has 25 heavy (non-hydrogen) atoms. The summed E-state index contributed by atoms with van der Waals surface area (Å²) < 4.78 is 30.4. The summed E-state index contributed by atoms with van der Waals surface area (Å²) >= 11 is 2.33. The molecule has 9 heteroatoms. The Kier molecular flexibility index (Phi) is 4.18. The van der Waals surface area contributed by atoms with Gasteiger partial charge in [-0.05, 0) is 25.0 Å². The first kappa shape index (κ1) is 16.4. The van der Waals surface area contributed by atoms with Crippen LogP contribution in [0.15, 0.2) is 36.9 Å². The molecule has 1 N–H and O–H groups in total. The number of amides is 1. The highest BCUT2D eigenvalue weighted by atomic mass is 127. The molecule has 0 spiro atoms. The molecule has 4 rings (SSSR count). The molecule has 6 nitrogen and oxygen atoms in total. The predicted molar refractivity (Wildman–Crippen MR) is 96.4 cm³/mol. The Balaban J connectivity index is 1.62. The van der Waals surface area contributed by atoms with Gasteiger partial charge in [0.05, 0.1) is 17.3 Å². The topological polar surface area (TPSA) is 64.2 Å². The normalized spacial score (nSPS) is 20.0. The third-order valence-electron chi connectivity index (χ3n) is 4.31. The number of nitrogens with one attached hydrogen (secondary N) is 1. The van der Waals surface area contributed by atoms with Gasteiger partial charge in [0.1, 0.15) is 5.65 Å². The standard InChI is InChI=1S/C16H14F2IN5O/c17-14(18)13-12(8-24(22-13)10-6-9(19)7-10)21-16(25)11-2-5-23-4-1-3-20-15(11)23/h1-5,8-10,14H,6-7H2,(H,21,25)/t9-,10-. The zero-order valence-electron chi connectivity index (χ0n) is 12.9. The Labute approximate surface area is 155 Å². The van der Waals surface area contributed by atoms with Gasteiger partial charge in [-0.2, -0.15) is 5.10 Å². The van der Waals surface area contributed by atoms with E-state index >= 15 is 0 Å². The fraction of sp³-hybridized carbons (Fsp3) is 0.312. The molecule has 130 valence electrons. The Morgan fingerprint density at radius 2 is 2.16 bits per heavy atom. The van der Waals surface area contributed by atoms with Crippen molar-refractivity contribution < 1.29 is 13.6 Å². The quantitative estimate of drug-likeness (QED) is 0.478. The summed E-state index contributed by atoms with van der Waals surface area (Å²) in [4.78, 5) is 16.7. The van der Waals surface area contributed by atoms with E-state index in [4.69, 9.17) is 0 Å². The second-order valence-electron chi connectivity index (χ2n) is 5.97. The Morgan fingerprint density at radius 3 is 2.88 bits per heavy atom. The number of rotatable bonds is 4. The molecule has 0 aromatic carbocycles. The first-order chi connectivity index (χ1) is 12.0. The van der Waals surface area contributed by atoms with Crippen molar-refractivity contribution in [3.63, 3.8) is 0 Å². The highest BCUT2D eigenvalue weighted by molar-refractivity contribution is 14.1. The Bertz CT molecular complexity index is 932. The van der Waals surface area contributed by atoms with Crippen LogP contribution in [0.4, 0.5) is 14.5 Å². The van der Waals surface area contributed by atoms with Crippen LogP contribution >= 0.6 is 22.6 Å². The number of carbonyl (C=O) groups is 1. The molecule has 0 unspecified atom stereocenters. The number of anilines is 1. The van der Waals surface area contributed by atoms with Gasteiger partial charge in [-0.1, -0.05) is 22.6 Å². The molecule has 3 aromatic rings. The average Bonchev–Trinajstić information content (AvgIpc) is 3.15. The molecular weight excluding hydrogens is 443 g/mol. The maximum atomic E-state index is 13.3. The first-order valence-corrected chi connectivity index (χ1v) is 9.02. The van der Waals surface area contributed by atoms with Crippen LogP contribution < -0.4 is 5.32 Å². The molecule has 1 amide bonds. The van der Waals surface area contributed by atoms with Crippen molar-refractivity contribution in [3.8, 4) is 0 Å². The van der Waals surface area contributed by atoms with Crippen molar-refractivity contribution in [3.05, 3.63) is 48.2 Å². The highest BCUT2D eigenvalue weighted by Gasteiger charge is 2.31. The number of fused-ring (bicyclic) bond motifs is 1. The van der Waals surface area contributed by atoms with Crippen LogP contribution in [0, 0.1) is 0 Å². The summed E-state index contributed by atoms with van der Waals surface area (Å²) in [7, 11) is 0. The van der Waals surface area contributed by atoms with Crippen LogP contribution in [0.2, 0.25) is 0 Å². The summed E-state index contributed by atoms with van der Waals surface area (Å²) in [5.41, 5.74) is 0.441. The lowest BCUT2D eigenvalue weighted by Gasteiger charge is -2.31. The van der Waals surface area contributed by atoms with Gasteiger partial charge in [0.2, 0.25) is 0 Å². The Morgan fingerprint density at radius 1 is 1.36 bits per heavy atom. The lowest BCUT2D eigenvalue weighted by molar-refractivity contribution is 0.102. The molecule has 0 atom stereocenters. The molecule has 1 aliphatic rings. The van der Waals surface area contributed by atoms with Crippen molar-refractivity contribution in [1.29, 1.82) is 0 Å². The lowest BCUT2D eigenvalue weighted by atomic mass is 9.93. The molecule has 3 heterocycles. The van der Waals surface area contributed by atoms with Crippen LogP contribution in [0.3, 0.4) is 0 Å². The minimum atomic E-state index is -2.75. The maximum Gasteiger partial charge on any atom is 0.284 e. The number of nitrogens with zero attached hydrogens (tertiary/aromatic N) is 4. The molecule has 1 fully saturated rings. The van der Waals surface area contributed by atoms with E-state index in [1.807, 2.05) is 0 Å². The van der Waals surface area contributed by atoms with Crippen LogP contribution in [0.25, 0.3) is 5.65 Å². The molecule has 0 aliphatic heterocycles. The molecule has 3 aromatic heterocycles. The smallest absolute Gasteiger partial charge is 0.284 e. The van der Waals surface area contributed by atoms with Crippen molar-refractivity contribution in [2.75, 3.05) is 5.32 Å². The van der Waals surface area contributed by atoms with E-state index in [1.54, 1.807) is 39.8 Å². The number of carbonyl (C=O) groups excluding carboxylic acids is 1. The molecule has 0 radical (unpaired) electrons. The first-order valence-electron chi connectivity index (χ1n) is 7.77. The fourth-order valence-corrected chi connectivity index (χ4v) is 4.07. The van der Waals surface area contributed by atoms with Crippen LogP contribution in [0.5, 0.6) is 0 Å². The Hall–Kier alpha value is -2.04. The third kappa shape index (κ3) is 3.00. The van der Waals surface area contributed by atoms with Gasteiger partial charge in [-0.3, -0.25) is 9.48 Å². The highest BCUT2D eigenvalue weighted by Crippen LogP contribution is 2.39. The van der Waals surface area contributed by atoms with Gasteiger partial charge >= 0.3 is 0 Å². The zero-order chi connectivity index (χ0) is 17.6. The van der Waals surface area contributed by atoms with Crippen LogP contribution in [-0.4, -0.2) is 29.0 Å². The van der Waals surface area contributed by atoms with E-state index in [2.05, 4.69) is 38.0 Å².